The van der Waals surface area contributed by atoms with E-state index in [-0.39, 0.29) is 24.8 Å². The normalized spacial score (nSPS) is 18.6. The Morgan fingerprint density at radius 3 is 1.06 bits per heavy atom. The molecule has 10 heteroatoms. The van der Waals surface area contributed by atoms with Crippen molar-refractivity contribution in [2.45, 2.75) is 0 Å². The van der Waals surface area contributed by atoms with Gasteiger partial charge in [0, 0.05) is 0 Å². The van der Waals surface area contributed by atoms with E-state index in [1.54, 1.807) is 0 Å². The number of hydrazine groups is 6. The van der Waals surface area contributed by atoms with Crippen LogP contribution in [0.15, 0.2) is 0 Å². The van der Waals surface area contributed by atoms with E-state index in [1.807, 2.05) is 84.8 Å². The Morgan fingerprint density at radius 2 is 1.00 bits per heavy atom. The van der Waals surface area contributed by atoms with Crippen molar-refractivity contribution in [3.63, 3.8) is 0 Å². The van der Waals surface area contributed by atoms with Gasteiger partial charge in [-0.3, -0.25) is 0 Å². The SMILES string of the molecule is CN1NC=[N+](C)N1C.CN1NC=[N+](C)N1C.[Cl-].[Cl-]. The first-order valence-corrected chi connectivity index (χ1v) is 5.02. The third-order valence-electron chi connectivity index (χ3n) is 2.64. The van der Waals surface area contributed by atoms with Crippen molar-refractivity contribution >= 4 is 12.7 Å². The molecule has 0 radical (unpaired) electrons. The fourth-order valence-electron chi connectivity index (χ4n) is 1.09. The van der Waals surface area contributed by atoms with E-state index in [9.17, 15) is 0 Å². The molecule has 2 aliphatic rings. The van der Waals surface area contributed by atoms with Gasteiger partial charge in [-0.25, -0.2) is 0 Å². The van der Waals surface area contributed by atoms with E-state index < -0.39 is 0 Å². The third-order valence-corrected chi connectivity index (χ3v) is 2.64. The number of hydrazone groups is 2. The molecule has 2 N–H and O–H groups in total. The molecule has 0 atom stereocenters. The van der Waals surface area contributed by atoms with Crippen molar-refractivity contribution in [3.05, 3.63) is 0 Å². The molecular weight excluding hydrogens is 279 g/mol. The lowest BCUT2D eigenvalue weighted by Gasteiger charge is -2.13. The average molecular weight is 301 g/mol. The number of hydrogen-bond acceptors (Lipinski definition) is 6. The maximum atomic E-state index is 2.98. The van der Waals surface area contributed by atoms with Crippen LogP contribution in [0.25, 0.3) is 0 Å². The largest absolute Gasteiger partial charge is 1.00 e. The number of rotatable bonds is 0. The van der Waals surface area contributed by atoms with Gasteiger partial charge in [-0.2, -0.15) is 20.2 Å². The lowest BCUT2D eigenvalue weighted by Crippen LogP contribution is -3.00. The van der Waals surface area contributed by atoms with Crippen LogP contribution >= 0.6 is 0 Å². The zero-order chi connectivity index (χ0) is 12.3. The van der Waals surface area contributed by atoms with E-state index in [2.05, 4.69) is 10.9 Å². The van der Waals surface area contributed by atoms with Crippen LogP contribution in [0.1, 0.15) is 0 Å². The summed E-state index contributed by atoms with van der Waals surface area (Å²) in [5.41, 5.74) is 5.96. The van der Waals surface area contributed by atoms with Crippen LogP contribution in [-0.2, 0) is 0 Å². The second-order valence-corrected chi connectivity index (χ2v) is 3.69. The molecule has 18 heavy (non-hydrogen) atoms. The molecule has 8 nitrogen and oxygen atoms in total. The molecule has 0 saturated carbocycles. The molecule has 2 rings (SSSR count). The molecule has 0 amide bonds. The summed E-state index contributed by atoms with van der Waals surface area (Å²) < 4.78 is 3.89. The maximum Gasteiger partial charge on any atom is 0.276 e. The lowest BCUT2D eigenvalue weighted by atomic mass is 11.2. The molecule has 0 aromatic carbocycles. The molecule has 0 unspecified atom stereocenters. The van der Waals surface area contributed by atoms with E-state index >= 15 is 0 Å². The quantitative estimate of drug-likeness (QED) is 0.433. The predicted molar refractivity (Wildman–Crippen MR) is 61.8 cm³/mol. The summed E-state index contributed by atoms with van der Waals surface area (Å²) >= 11 is 0. The number of halogens is 2. The molecule has 108 valence electrons. The van der Waals surface area contributed by atoms with Gasteiger partial charge in [0.05, 0.1) is 28.2 Å². The Bertz CT molecular complexity index is 277. The van der Waals surface area contributed by atoms with E-state index in [4.69, 9.17) is 0 Å². The van der Waals surface area contributed by atoms with E-state index in [0.29, 0.717) is 0 Å². The molecule has 0 aliphatic carbocycles. The maximum absolute atomic E-state index is 2.98. The zero-order valence-electron chi connectivity index (χ0n) is 11.6. The molecule has 2 aliphatic heterocycles. The standard InChI is InChI=1S/2C4H10N4.2ClH/c2*1-6-4-5-7(2)8(6)3;;/h2*4H,1-3H3;2*1H. The molecule has 2 heterocycles. The first-order chi connectivity index (χ1) is 7.43. The topological polar surface area (TPSA) is 43.0 Å². The minimum Gasteiger partial charge on any atom is -1.00 e. The summed E-state index contributed by atoms with van der Waals surface area (Å²) in [4.78, 5) is 0. The second-order valence-electron chi connectivity index (χ2n) is 3.69. The predicted octanol–water partition coefficient (Wildman–Crippen LogP) is -8.25. The van der Waals surface area contributed by atoms with Crippen LogP contribution in [0.4, 0.5) is 0 Å². The molecule has 0 aromatic rings. The molecule has 0 bridgehead atoms. The Balaban J connectivity index is 0. The molecule has 0 fully saturated rings. The highest BCUT2D eigenvalue weighted by Gasteiger charge is 2.17. The molecule has 0 spiro atoms. The molecule has 0 saturated heterocycles. The zero-order valence-corrected chi connectivity index (χ0v) is 13.1. The van der Waals surface area contributed by atoms with Crippen LogP contribution in [0.2, 0.25) is 0 Å². The summed E-state index contributed by atoms with van der Waals surface area (Å²) in [6, 6.07) is 0. The number of nitrogens with zero attached hydrogens (tertiary/aromatic N) is 6. The van der Waals surface area contributed by atoms with Gasteiger partial charge in [0.1, 0.15) is 14.1 Å². The summed E-state index contributed by atoms with van der Waals surface area (Å²) in [6.45, 7) is 0. The van der Waals surface area contributed by atoms with Crippen molar-refractivity contribution in [1.29, 1.82) is 0 Å². The highest BCUT2D eigenvalue weighted by atomic mass is 35.5. The van der Waals surface area contributed by atoms with Crippen LogP contribution in [0, 0.1) is 0 Å². The fraction of sp³-hybridized carbons (Fsp3) is 0.750. The van der Waals surface area contributed by atoms with E-state index in [1.165, 1.54) is 0 Å². The summed E-state index contributed by atoms with van der Waals surface area (Å²) in [5.74, 6) is 0. The van der Waals surface area contributed by atoms with Crippen molar-refractivity contribution in [1.82, 2.24) is 31.3 Å². The Hall–Kier alpha value is -0.960. The van der Waals surface area contributed by atoms with Crippen LogP contribution in [-0.4, -0.2) is 84.8 Å². The number of hydrogen-bond donors (Lipinski definition) is 2. The van der Waals surface area contributed by atoms with Crippen molar-refractivity contribution in [2.75, 3.05) is 42.3 Å². The van der Waals surface area contributed by atoms with Gasteiger partial charge in [0.15, 0.2) is 0 Å². The Labute approximate surface area is 121 Å². The van der Waals surface area contributed by atoms with Gasteiger partial charge in [0.2, 0.25) is 0 Å². The van der Waals surface area contributed by atoms with Gasteiger partial charge in [-0.1, -0.05) is 0 Å². The van der Waals surface area contributed by atoms with Gasteiger partial charge in [-0.05, 0) is 10.2 Å². The van der Waals surface area contributed by atoms with Crippen LogP contribution in [0.3, 0.4) is 0 Å². The monoisotopic (exact) mass is 300 g/mol. The summed E-state index contributed by atoms with van der Waals surface area (Å²) in [7, 11) is 11.8. The fourth-order valence-corrected chi connectivity index (χ4v) is 1.09. The van der Waals surface area contributed by atoms with Crippen LogP contribution < -0.4 is 35.7 Å². The van der Waals surface area contributed by atoms with Gasteiger partial charge in [0.25, 0.3) is 12.7 Å². The Kier molecular flexibility index (Phi) is 8.83. The highest BCUT2D eigenvalue weighted by molar-refractivity contribution is 5.47. The van der Waals surface area contributed by atoms with Crippen molar-refractivity contribution < 1.29 is 34.2 Å². The Morgan fingerprint density at radius 1 is 0.722 bits per heavy atom. The second kappa shape index (κ2) is 8.20. The molecular formula is C8H22Cl2N8. The third kappa shape index (κ3) is 4.73. The highest BCUT2D eigenvalue weighted by Crippen LogP contribution is 1.88. The summed E-state index contributed by atoms with van der Waals surface area (Å²) in [6.07, 6.45) is 3.75. The van der Waals surface area contributed by atoms with E-state index in [0.717, 1.165) is 0 Å². The minimum atomic E-state index is 0. The first kappa shape index (κ1) is 19.4. The first-order valence-electron chi connectivity index (χ1n) is 5.02. The van der Waals surface area contributed by atoms with Crippen molar-refractivity contribution in [3.8, 4) is 0 Å². The van der Waals surface area contributed by atoms with Gasteiger partial charge < -0.3 is 24.8 Å². The number of nitrogens with one attached hydrogen (secondary N) is 2. The average Bonchev–Trinajstić information content (AvgIpc) is 2.70. The van der Waals surface area contributed by atoms with Gasteiger partial charge >= 0.3 is 0 Å². The lowest BCUT2D eigenvalue weighted by molar-refractivity contribution is -0.685. The van der Waals surface area contributed by atoms with Gasteiger partial charge in [-0.15, -0.1) is 10.2 Å². The molecule has 0 aromatic heterocycles. The van der Waals surface area contributed by atoms with Crippen molar-refractivity contribution in [2.24, 2.45) is 0 Å². The van der Waals surface area contributed by atoms with Crippen LogP contribution in [0.5, 0.6) is 0 Å². The minimum absolute atomic E-state index is 0. The summed E-state index contributed by atoms with van der Waals surface area (Å²) in [5, 5.41) is 7.64. The smallest absolute Gasteiger partial charge is 0.276 e.